The maximum absolute atomic E-state index is 13.1. The molecule has 150 valence electrons. The Hall–Kier alpha value is -3.42. The van der Waals surface area contributed by atoms with Crippen molar-refractivity contribution in [2.45, 2.75) is 18.9 Å². The van der Waals surface area contributed by atoms with E-state index in [1.54, 1.807) is 31.3 Å². The molecule has 1 aliphatic rings. The summed E-state index contributed by atoms with van der Waals surface area (Å²) in [5.74, 6) is 1.64. The van der Waals surface area contributed by atoms with Crippen LogP contribution in [0.2, 0.25) is 0 Å². The predicted molar refractivity (Wildman–Crippen MR) is 102 cm³/mol. The second-order valence-corrected chi connectivity index (χ2v) is 6.82. The van der Waals surface area contributed by atoms with Crippen LogP contribution in [0.15, 0.2) is 47.0 Å². The van der Waals surface area contributed by atoms with Gasteiger partial charge in [0.1, 0.15) is 17.3 Å². The lowest BCUT2D eigenvalue weighted by Crippen LogP contribution is -2.24. The molecule has 0 aliphatic carbocycles. The zero-order valence-electron chi connectivity index (χ0n) is 16.1. The zero-order chi connectivity index (χ0) is 20.4. The molecular formula is C21H20FN3O4. The Labute approximate surface area is 167 Å². The van der Waals surface area contributed by atoms with Gasteiger partial charge in [-0.2, -0.15) is 4.98 Å². The van der Waals surface area contributed by atoms with Crippen LogP contribution in [-0.2, 0) is 11.3 Å². The highest BCUT2D eigenvalue weighted by Crippen LogP contribution is 2.32. The van der Waals surface area contributed by atoms with Gasteiger partial charge in [-0.25, -0.2) is 4.39 Å². The molecule has 0 radical (unpaired) electrons. The number of hydrogen-bond donors (Lipinski definition) is 0. The number of carbonyl (C=O) groups is 1. The fourth-order valence-corrected chi connectivity index (χ4v) is 3.42. The Balaban J connectivity index is 1.49. The van der Waals surface area contributed by atoms with Crippen molar-refractivity contribution in [2.75, 3.05) is 20.8 Å². The number of carbonyl (C=O) groups excluding carboxylic acids is 1. The number of nitrogens with zero attached hydrogens (tertiary/aromatic N) is 3. The third-order valence-electron chi connectivity index (χ3n) is 4.96. The van der Waals surface area contributed by atoms with E-state index in [0.29, 0.717) is 41.9 Å². The van der Waals surface area contributed by atoms with Crippen LogP contribution in [0.5, 0.6) is 11.5 Å². The summed E-state index contributed by atoms with van der Waals surface area (Å²) in [4.78, 5) is 18.7. The van der Waals surface area contributed by atoms with Gasteiger partial charge in [0, 0.05) is 30.6 Å². The lowest BCUT2D eigenvalue weighted by Gasteiger charge is -2.18. The number of halogens is 1. The Kier molecular flexibility index (Phi) is 5.16. The highest BCUT2D eigenvalue weighted by Gasteiger charge is 2.34. The monoisotopic (exact) mass is 397 g/mol. The molecule has 1 aliphatic heterocycles. The van der Waals surface area contributed by atoms with Gasteiger partial charge in [0.05, 0.1) is 20.1 Å². The first-order valence-corrected chi connectivity index (χ1v) is 9.15. The first-order chi connectivity index (χ1) is 14.1. The molecule has 0 N–H and O–H groups in total. The summed E-state index contributed by atoms with van der Waals surface area (Å²) in [6, 6.07) is 11.3. The third kappa shape index (κ3) is 3.91. The van der Waals surface area contributed by atoms with Crippen LogP contribution in [0.3, 0.4) is 0 Å². The van der Waals surface area contributed by atoms with Gasteiger partial charge in [-0.05, 0) is 42.5 Å². The molecule has 2 aromatic carbocycles. The number of ether oxygens (including phenoxy) is 2. The first kappa shape index (κ1) is 18.9. The van der Waals surface area contributed by atoms with Crippen molar-refractivity contribution in [3.8, 4) is 22.9 Å². The molecule has 1 atom stereocenters. The molecule has 8 heteroatoms. The summed E-state index contributed by atoms with van der Waals surface area (Å²) in [5, 5.41) is 3.97. The van der Waals surface area contributed by atoms with Crippen molar-refractivity contribution in [3.05, 3.63) is 59.7 Å². The lowest BCUT2D eigenvalue weighted by atomic mass is 10.1. The molecule has 0 bridgehead atoms. The summed E-state index contributed by atoms with van der Waals surface area (Å²) in [6.07, 6.45) is 0.289. The second kappa shape index (κ2) is 7.90. The van der Waals surface area contributed by atoms with E-state index in [2.05, 4.69) is 10.1 Å². The number of amides is 1. The second-order valence-electron chi connectivity index (χ2n) is 6.82. The Morgan fingerprint density at radius 1 is 1.17 bits per heavy atom. The van der Waals surface area contributed by atoms with E-state index in [1.807, 2.05) is 18.2 Å². The van der Waals surface area contributed by atoms with Gasteiger partial charge in [-0.15, -0.1) is 0 Å². The number of methoxy groups -OCH3 is 2. The molecule has 0 saturated carbocycles. The van der Waals surface area contributed by atoms with Crippen LogP contribution in [0.1, 0.15) is 23.8 Å². The van der Waals surface area contributed by atoms with Gasteiger partial charge in [0.25, 0.3) is 0 Å². The van der Waals surface area contributed by atoms with Gasteiger partial charge in [-0.3, -0.25) is 4.79 Å². The number of benzene rings is 2. The van der Waals surface area contributed by atoms with Gasteiger partial charge < -0.3 is 18.9 Å². The van der Waals surface area contributed by atoms with Crippen LogP contribution in [0.25, 0.3) is 11.4 Å². The number of rotatable bonds is 6. The van der Waals surface area contributed by atoms with Crippen LogP contribution in [-0.4, -0.2) is 41.7 Å². The number of aromatic nitrogens is 2. The van der Waals surface area contributed by atoms with Gasteiger partial charge in [0.15, 0.2) is 0 Å². The van der Waals surface area contributed by atoms with Gasteiger partial charge in [0.2, 0.25) is 17.6 Å². The van der Waals surface area contributed by atoms with Gasteiger partial charge >= 0.3 is 0 Å². The molecule has 1 unspecified atom stereocenters. The molecule has 1 amide bonds. The SMILES string of the molecule is COc1ccc(OC)c(CN2CC(c3nc(-c4ccc(F)cc4)no3)CC2=O)c1. The van der Waals surface area contributed by atoms with E-state index in [1.165, 1.54) is 12.1 Å². The average molecular weight is 397 g/mol. The Bertz CT molecular complexity index is 1020. The molecule has 1 aromatic heterocycles. The molecule has 29 heavy (non-hydrogen) atoms. The minimum Gasteiger partial charge on any atom is -0.497 e. The van der Waals surface area contributed by atoms with Crippen LogP contribution in [0.4, 0.5) is 4.39 Å². The van der Waals surface area contributed by atoms with Crippen LogP contribution < -0.4 is 9.47 Å². The summed E-state index contributed by atoms with van der Waals surface area (Å²) in [6.45, 7) is 0.860. The highest BCUT2D eigenvalue weighted by atomic mass is 19.1. The molecule has 7 nitrogen and oxygen atoms in total. The van der Waals surface area contributed by atoms with Crippen LogP contribution in [0, 0.1) is 5.82 Å². The van der Waals surface area contributed by atoms with Crippen molar-refractivity contribution in [3.63, 3.8) is 0 Å². The maximum Gasteiger partial charge on any atom is 0.232 e. The normalized spacial score (nSPS) is 16.3. The molecule has 1 saturated heterocycles. The van der Waals surface area contributed by atoms with E-state index >= 15 is 0 Å². The quantitative estimate of drug-likeness (QED) is 0.634. The predicted octanol–water partition coefficient (Wildman–Crippen LogP) is 3.41. The lowest BCUT2D eigenvalue weighted by molar-refractivity contribution is -0.128. The summed E-state index contributed by atoms with van der Waals surface area (Å²) in [7, 11) is 3.19. The fourth-order valence-electron chi connectivity index (χ4n) is 3.42. The van der Waals surface area contributed by atoms with E-state index < -0.39 is 0 Å². The van der Waals surface area contributed by atoms with Crippen molar-refractivity contribution < 1.29 is 23.2 Å². The highest BCUT2D eigenvalue weighted by molar-refractivity contribution is 5.79. The van der Waals surface area contributed by atoms with Crippen molar-refractivity contribution in [1.82, 2.24) is 15.0 Å². The third-order valence-corrected chi connectivity index (χ3v) is 4.96. The minimum atomic E-state index is -0.331. The number of hydrogen-bond acceptors (Lipinski definition) is 6. The fraction of sp³-hybridized carbons (Fsp3) is 0.286. The summed E-state index contributed by atoms with van der Waals surface area (Å²) >= 11 is 0. The largest absolute Gasteiger partial charge is 0.497 e. The number of likely N-dealkylation sites (tertiary alicyclic amines) is 1. The Morgan fingerprint density at radius 3 is 2.69 bits per heavy atom. The molecule has 4 rings (SSSR count). The minimum absolute atomic E-state index is 0.00130. The van der Waals surface area contributed by atoms with E-state index in [0.717, 1.165) is 5.56 Å². The van der Waals surface area contributed by atoms with Crippen LogP contribution >= 0.6 is 0 Å². The average Bonchev–Trinajstić information content (AvgIpc) is 3.36. The van der Waals surface area contributed by atoms with E-state index in [-0.39, 0.29) is 24.1 Å². The van der Waals surface area contributed by atoms with Crippen molar-refractivity contribution >= 4 is 5.91 Å². The first-order valence-electron chi connectivity index (χ1n) is 9.15. The van der Waals surface area contributed by atoms with Crippen molar-refractivity contribution in [1.29, 1.82) is 0 Å². The Morgan fingerprint density at radius 2 is 1.97 bits per heavy atom. The molecule has 2 heterocycles. The van der Waals surface area contributed by atoms with Gasteiger partial charge in [-0.1, -0.05) is 5.16 Å². The van der Waals surface area contributed by atoms with E-state index in [4.69, 9.17) is 14.0 Å². The maximum atomic E-state index is 13.1. The van der Waals surface area contributed by atoms with E-state index in [9.17, 15) is 9.18 Å². The molecular weight excluding hydrogens is 377 g/mol. The topological polar surface area (TPSA) is 77.7 Å². The molecule has 3 aromatic rings. The smallest absolute Gasteiger partial charge is 0.232 e. The molecule has 0 spiro atoms. The van der Waals surface area contributed by atoms with Crippen molar-refractivity contribution in [2.24, 2.45) is 0 Å². The standard InChI is InChI=1S/C21H20FN3O4/c1-27-17-7-8-18(28-2)14(9-17)11-25-12-15(10-19(25)26)21-23-20(24-29-21)13-3-5-16(22)6-4-13/h3-9,15H,10-12H2,1-2H3. The molecule has 1 fully saturated rings. The summed E-state index contributed by atoms with van der Waals surface area (Å²) in [5.41, 5.74) is 1.52. The zero-order valence-corrected chi connectivity index (χ0v) is 16.1. The summed E-state index contributed by atoms with van der Waals surface area (Å²) < 4.78 is 29.2.